The first-order chi connectivity index (χ1) is 16.7. The van der Waals surface area contributed by atoms with Gasteiger partial charge in [-0.05, 0) is 60.9 Å². The van der Waals surface area contributed by atoms with E-state index in [-0.39, 0.29) is 17.5 Å². The van der Waals surface area contributed by atoms with Crippen LogP contribution in [0, 0.1) is 0 Å². The summed E-state index contributed by atoms with van der Waals surface area (Å²) < 4.78 is 9.13. The standard InChI is InChI=1S/C28H29N3O3/c1-34-24-15-12-20(13-16-24)19-29-27(32)21-14-17-26-25(18-21)28(33)31(23-10-6-3-7-11-23)30(26)22-8-4-2-5-9-22/h3,6-7,10-18,22H,2,4-5,8-9,19H2,1H3,(H,29,32). The molecule has 1 saturated carbocycles. The molecule has 0 unspecified atom stereocenters. The molecule has 5 rings (SSSR count). The first-order valence-electron chi connectivity index (χ1n) is 11.9. The molecule has 0 radical (unpaired) electrons. The number of aromatic nitrogens is 2. The highest BCUT2D eigenvalue weighted by Gasteiger charge is 2.24. The van der Waals surface area contributed by atoms with E-state index in [0.29, 0.717) is 17.5 Å². The minimum atomic E-state index is -0.200. The molecule has 4 aromatic rings. The molecule has 1 aliphatic rings. The lowest BCUT2D eigenvalue weighted by molar-refractivity contribution is 0.0951. The fraction of sp³-hybridized carbons (Fsp3) is 0.286. The number of carbonyl (C=O) groups is 1. The number of amides is 1. The molecule has 1 N–H and O–H groups in total. The number of ether oxygens (including phenoxy) is 1. The molecule has 6 nitrogen and oxygen atoms in total. The van der Waals surface area contributed by atoms with Crippen molar-refractivity contribution in [3.8, 4) is 11.4 Å². The van der Waals surface area contributed by atoms with Crippen molar-refractivity contribution < 1.29 is 9.53 Å². The van der Waals surface area contributed by atoms with Crippen LogP contribution in [0.25, 0.3) is 16.6 Å². The molecule has 0 bridgehead atoms. The van der Waals surface area contributed by atoms with Gasteiger partial charge in [-0.3, -0.25) is 14.3 Å². The number of rotatable bonds is 6. The van der Waals surface area contributed by atoms with Crippen LogP contribution >= 0.6 is 0 Å². The van der Waals surface area contributed by atoms with E-state index in [0.717, 1.165) is 35.4 Å². The Morgan fingerprint density at radius 2 is 1.71 bits per heavy atom. The van der Waals surface area contributed by atoms with Crippen LogP contribution in [0.3, 0.4) is 0 Å². The van der Waals surface area contributed by atoms with Gasteiger partial charge in [-0.25, -0.2) is 4.68 Å². The van der Waals surface area contributed by atoms with Crippen molar-refractivity contribution in [2.45, 2.75) is 44.7 Å². The Hall–Kier alpha value is -3.80. The Balaban J connectivity index is 1.49. The Labute approximate surface area is 198 Å². The van der Waals surface area contributed by atoms with Crippen molar-refractivity contribution in [1.82, 2.24) is 14.7 Å². The van der Waals surface area contributed by atoms with E-state index in [1.54, 1.807) is 17.9 Å². The number of fused-ring (bicyclic) bond motifs is 1. The summed E-state index contributed by atoms with van der Waals surface area (Å²) in [5.41, 5.74) is 3.10. The van der Waals surface area contributed by atoms with E-state index in [4.69, 9.17) is 4.74 Å². The van der Waals surface area contributed by atoms with Crippen molar-refractivity contribution in [1.29, 1.82) is 0 Å². The molecule has 0 atom stereocenters. The van der Waals surface area contributed by atoms with Crippen molar-refractivity contribution in [3.05, 3.63) is 94.3 Å². The fourth-order valence-corrected chi connectivity index (χ4v) is 4.89. The number of hydrogen-bond donors (Lipinski definition) is 1. The van der Waals surface area contributed by atoms with E-state index in [1.165, 1.54) is 19.3 Å². The molecule has 6 heteroatoms. The lowest BCUT2D eigenvalue weighted by Crippen LogP contribution is -2.25. The van der Waals surface area contributed by atoms with E-state index >= 15 is 0 Å². The second kappa shape index (κ2) is 9.59. The molecule has 1 aromatic heterocycles. The largest absolute Gasteiger partial charge is 0.497 e. The molecule has 3 aromatic carbocycles. The summed E-state index contributed by atoms with van der Waals surface area (Å²) in [5.74, 6) is 0.575. The monoisotopic (exact) mass is 455 g/mol. The molecule has 1 amide bonds. The molecule has 34 heavy (non-hydrogen) atoms. The van der Waals surface area contributed by atoms with Gasteiger partial charge >= 0.3 is 0 Å². The Bertz CT molecular complexity index is 1350. The van der Waals surface area contributed by atoms with Gasteiger partial charge < -0.3 is 10.1 Å². The number of hydrogen-bond acceptors (Lipinski definition) is 3. The zero-order valence-corrected chi connectivity index (χ0v) is 19.4. The molecule has 0 aliphatic heterocycles. The highest BCUT2D eigenvalue weighted by atomic mass is 16.5. The zero-order chi connectivity index (χ0) is 23.5. The third kappa shape index (κ3) is 4.23. The molecule has 174 valence electrons. The van der Waals surface area contributed by atoms with Crippen molar-refractivity contribution in [2.75, 3.05) is 7.11 Å². The number of methoxy groups -OCH3 is 1. The average Bonchev–Trinajstić information content (AvgIpc) is 3.20. The fourth-order valence-electron chi connectivity index (χ4n) is 4.89. The summed E-state index contributed by atoms with van der Waals surface area (Å²) in [6, 6.07) is 23.1. The molecule has 0 spiro atoms. The predicted molar refractivity (Wildman–Crippen MR) is 134 cm³/mol. The van der Waals surface area contributed by atoms with Crippen LogP contribution in [0.4, 0.5) is 0 Å². The maximum Gasteiger partial charge on any atom is 0.279 e. The number of carbonyl (C=O) groups excluding carboxylic acids is 1. The normalized spacial score (nSPS) is 14.3. The topological polar surface area (TPSA) is 65.3 Å². The SMILES string of the molecule is COc1ccc(CNC(=O)c2ccc3c(c2)c(=O)n(-c2ccccc2)n3C2CCCCC2)cc1. The molecular weight excluding hydrogens is 426 g/mol. The van der Waals surface area contributed by atoms with Gasteiger partial charge in [-0.15, -0.1) is 0 Å². The van der Waals surface area contributed by atoms with Gasteiger partial charge in [0.25, 0.3) is 11.5 Å². The smallest absolute Gasteiger partial charge is 0.279 e. The number of nitrogens with one attached hydrogen (secondary N) is 1. The van der Waals surface area contributed by atoms with Crippen molar-refractivity contribution >= 4 is 16.8 Å². The number of nitrogens with zero attached hydrogens (tertiary/aromatic N) is 2. The summed E-state index contributed by atoms with van der Waals surface area (Å²) in [7, 11) is 1.63. The molecule has 1 fully saturated rings. The lowest BCUT2D eigenvalue weighted by Gasteiger charge is -2.26. The molecule has 1 heterocycles. The van der Waals surface area contributed by atoms with E-state index in [1.807, 2.05) is 66.7 Å². The summed E-state index contributed by atoms with van der Waals surface area (Å²) >= 11 is 0. The Morgan fingerprint density at radius 1 is 0.971 bits per heavy atom. The highest BCUT2D eigenvalue weighted by molar-refractivity contribution is 5.98. The zero-order valence-electron chi connectivity index (χ0n) is 19.4. The van der Waals surface area contributed by atoms with Crippen LogP contribution in [0.1, 0.15) is 54.1 Å². The summed E-state index contributed by atoms with van der Waals surface area (Å²) in [5, 5.41) is 3.53. The van der Waals surface area contributed by atoms with Crippen LogP contribution in [-0.2, 0) is 6.54 Å². The van der Waals surface area contributed by atoms with Crippen LogP contribution in [0.15, 0.2) is 77.6 Å². The van der Waals surface area contributed by atoms with Crippen molar-refractivity contribution in [3.63, 3.8) is 0 Å². The average molecular weight is 456 g/mol. The van der Waals surface area contributed by atoms with Gasteiger partial charge in [0.05, 0.1) is 29.7 Å². The maximum absolute atomic E-state index is 13.6. The third-order valence-electron chi connectivity index (χ3n) is 6.68. The molecular formula is C28H29N3O3. The van der Waals surface area contributed by atoms with Gasteiger partial charge in [0, 0.05) is 12.1 Å². The predicted octanol–water partition coefficient (Wildman–Crippen LogP) is 5.24. The Morgan fingerprint density at radius 3 is 2.41 bits per heavy atom. The third-order valence-corrected chi connectivity index (χ3v) is 6.68. The Kier molecular flexibility index (Phi) is 6.21. The minimum Gasteiger partial charge on any atom is -0.497 e. The van der Waals surface area contributed by atoms with E-state index in [2.05, 4.69) is 10.00 Å². The van der Waals surface area contributed by atoms with Gasteiger partial charge in [-0.1, -0.05) is 49.6 Å². The first kappa shape index (κ1) is 22.0. The van der Waals surface area contributed by atoms with E-state index < -0.39 is 0 Å². The van der Waals surface area contributed by atoms with Gasteiger partial charge in [0.2, 0.25) is 0 Å². The van der Waals surface area contributed by atoms with Gasteiger partial charge in [0.15, 0.2) is 0 Å². The maximum atomic E-state index is 13.6. The highest BCUT2D eigenvalue weighted by Crippen LogP contribution is 2.31. The molecule has 0 saturated heterocycles. The summed E-state index contributed by atoms with van der Waals surface area (Å²) in [4.78, 5) is 26.5. The molecule has 1 aliphatic carbocycles. The summed E-state index contributed by atoms with van der Waals surface area (Å²) in [6.45, 7) is 0.401. The first-order valence-corrected chi connectivity index (χ1v) is 11.9. The second-order valence-corrected chi connectivity index (χ2v) is 8.85. The van der Waals surface area contributed by atoms with Crippen LogP contribution in [0.2, 0.25) is 0 Å². The quantitative estimate of drug-likeness (QED) is 0.433. The van der Waals surface area contributed by atoms with Gasteiger partial charge in [-0.2, -0.15) is 0 Å². The van der Waals surface area contributed by atoms with E-state index in [9.17, 15) is 9.59 Å². The number of benzene rings is 3. The summed E-state index contributed by atoms with van der Waals surface area (Å²) in [6.07, 6.45) is 5.68. The van der Waals surface area contributed by atoms with Crippen LogP contribution < -0.4 is 15.6 Å². The van der Waals surface area contributed by atoms with Crippen LogP contribution in [-0.4, -0.2) is 22.4 Å². The number of para-hydroxylation sites is 1. The van der Waals surface area contributed by atoms with Crippen LogP contribution in [0.5, 0.6) is 5.75 Å². The lowest BCUT2D eigenvalue weighted by atomic mass is 9.95. The van der Waals surface area contributed by atoms with Gasteiger partial charge in [0.1, 0.15) is 5.75 Å². The van der Waals surface area contributed by atoms with Crippen molar-refractivity contribution in [2.24, 2.45) is 0 Å². The second-order valence-electron chi connectivity index (χ2n) is 8.85. The minimum absolute atomic E-state index is 0.0865.